The lowest BCUT2D eigenvalue weighted by molar-refractivity contribution is 0.271. The molecular weight excluding hydrogens is 247 g/mol. The van der Waals surface area contributed by atoms with E-state index in [1.807, 2.05) is 13.0 Å². The first-order valence-corrected chi connectivity index (χ1v) is 6.23. The maximum Gasteiger partial charge on any atom is 0.165 e. The van der Waals surface area contributed by atoms with Crippen LogP contribution in [0.2, 0.25) is 0 Å². The molecule has 0 unspecified atom stereocenters. The third-order valence-electron chi connectivity index (χ3n) is 2.66. The molecule has 0 saturated heterocycles. The van der Waals surface area contributed by atoms with Crippen LogP contribution in [-0.2, 0) is 13.2 Å². The second-order valence-electron chi connectivity index (χ2n) is 4.23. The molecule has 5 heteroatoms. The topological polar surface area (TPSA) is 47.3 Å². The van der Waals surface area contributed by atoms with Crippen LogP contribution in [-0.4, -0.2) is 11.7 Å². The van der Waals surface area contributed by atoms with Crippen LogP contribution >= 0.6 is 0 Å². The molecule has 102 valence electrons. The number of halogens is 1. The lowest BCUT2D eigenvalue weighted by atomic mass is 10.2. The third kappa shape index (κ3) is 3.54. The van der Waals surface area contributed by atoms with Crippen LogP contribution in [0.5, 0.6) is 5.75 Å². The summed E-state index contributed by atoms with van der Waals surface area (Å²) >= 11 is 0. The molecule has 0 bridgehead atoms. The maximum absolute atomic E-state index is 13.8. The molecule has 0 aliphatic heterocycles. The molecule has 0 spiro atoms. The summed E-state index contributed by atoms with van der Waals surface area (Å²) in [5, 5.41) is 6.97. The average molecular weight is 264 g/mol. The monoisotopic (exact) mass is 264 g/mol. The van der Waals surface area contributed by atoms with Crippen LogP contribution in [0.1, 0.15) is 23.9 Å². The number of benzene rings is 1. The number of aryl methyl sites for hydroxylation is 1. The Morgan fingerprint density at radius 3 is 2.95 bits per heavy atom. The summed E-state index contributed by atoms with van der Waals surface area (Å²) in [4.78, 5) is 0. The molecule has 0 aliphatic rings. The van der Waals surface area contributed by atoms with Crippen molar-refractivity contribution in [3.05, 3.63) is 47.1 Å². The van der Waals surface area contributed by atoms with Gasteiger partial charge in [-0.15, -0.1) is 0 Å². The lowest BCUT2D eigenvalue weighted by Crippen LogP contribution is -2.13. The van der Waals surface area contributed by atoms with Crippen LogP contribution in [0.15, 0.2) is 28.8 Å². The molecular formula is C14H17FN2O2. The van der Waals surface area contributed by atoms with Crippen molar-refractivity contribution in [1.29, 1.82) is 0 Å². The quantitative estimate of drug-likeness (QED) is 0.871. The molecule has 1 aromatic heterocycles. The first kappa shape index (κ1) is 13.5. The van der Waals surface area contributed by atoms with Crippen molar-refractivity contribution in [2.24, 2.45) is 0 Å². The summed E-state index contributed by atoms with van der Waals surface area (Å²) < 4.78 is 24.3. The second kappa shape index (κ2) is 6.33. The Morgan fingerprint density at radius 1 is 1.42 bits per heavy atom. The van der Waals surface area contributed by atoms with E-state index in [9.17, 15) is 4.39 Å². The van der Waals surface area contributed by atoms with Crippen molar-refractivity contribution < 1.29 is 13.7 Å². The standard InChI is InChI=1S/C14H17FN2O2/c1-3-16-8-11-5-4-6-13(15)14(11)18-9-12-7-10(2)19-17-12/h4-7,16H,3,8-9H2,1-2H3. The summed E-state index contributed by atoms with van der Waals surface area (Å²) in [5.41, 5.74) is 1.44. The van der Waals surface area contributed by atoms with E-state index in [1.54, 1.807) is 19.1 Å². The fraction of sp³-hybridized carbons (Fsp3) is 0.357. The third-order valence-corrected chi connectivity index (χ3v) is 2.66. The SMILES string of the molecule is CCNCc1cccc(F)c1OCc1cc(C)on1. The number of nitrogens with zero attached hydrogens (tertiary/aromatic N) is 1. The van der Waals surface area contributed by atoms with Gasteiger partial charge in [0.15, 0.2) is 11.6 Å². The molecule has 0 fully saturated rings. The minimum Gasteiger partial charge on any atom is -0.484 e. The molecule has 0 aliphatic carbocycles. The highest BCUT2D eigenvalue weighted by Crippen LogP contribution is 2.23. The normalized spacial score (nSPS) is 10.7. The van der Waals surface area contributed by atoms with Gasteiger partial charge in [0.1, 0.15) is 18.1 Å². The summed E-state index contributed by atoms with van der Waals surface area (Å²) in [6.45, 7) is 5.38. The predicted octanol–water partition coefficient (Wildman–Crippen LogP) is 2.81. The van der Waals surface area contributed by atoms with Crippen molar-refractivity contribution in [3.8, 4) is 5.75 Å². The molecule has 19 heavy (non-hydrogen) atoms. The zero-order chi connectivity index (χ0) is 13.7. The van der Waals surface area contributed by atoms with Gasteiger partial charge in [0.05, 0.1) is 0 Å². The van der Waals surface area contributed by atoms with Crippen molar-refractivity contribution in [2.75, 3.05) is 6.54 Å². The predicted molar refractivity (Wildman–Crippen MR) is 69.4 cm³/mol. The van der Waals surface area contributed by atoms with Gasteiger partial charge in [0, 0.05) is 18.2 Å². The van der Waals surface area contributed by atoms with E-state index in [0.29, 0.717) is 18.0 Å². The van der Waals surface area contributed by atoms with E-state index < -0.39 is 0 Å². The van der Waals surface area contributed by atoms with Crippen LogP contribution < -0.4 is 10.1 Å². The van der Waals surface area contributed by atoms with Crippen molar-refractivity contribution in [3.63, 3.8) is 0 Å². The van der Waals surface area contributed by atoms with Crippen LogP contribution in [0.4, 0.5) is 4.39 Å². The van der Waals surface area contributed by atoms with Crippen molar-refractivity contribution in [1.82, 2.24) is 10.5 Å². The highest BCUT2D eigenvalue weighted by atomic mass is 19.1. The van der Waals surface area contributed by atoms with E-state index >= 15 is 0 Å². The Bertz CT molecular complexity index is 540. The summed E-state index contributed by atoms with van der Waals surface area (Å²) in [6, 6.07) is 6.67. The Morgan fingerprint density at radius 2 is 2.26 bits per heavy atom. The van der Waals surface area contributed by atoms with E-state index in [1.165, 1.54) is 6.07 Å². The summed E-state index contributed by atoms with van der Waals surface area (Å²) in [7, 11) is 0. The highest BCUT2D eigenvalue weighted by Gasteiger charge is 2.10. The Kier molecular flexibility index (Phi) is 4.52. The molecule has 1 N–H and O–H groups in total. The van der Waals surface area contributed by atoms with Gasteiger partial charge in [0.2, 0.25) is 0 Å². The van der Waals surface area contributed by atoms with Gasteiger partial charge in [-0.1, -0.05) is 24.2 Å². The number of hydrogen-bond acceptors (Lipinski definition) is 4. The van der Waals surface area contributed by atoms with Gasteiger partial charge in [-0.05, 0) is 19.5 Å². The summed E-state index contributed by atoms with van der Waals surface area (Å²) in [6.07, 6.45) is 0. The molecule has 1 heterocycles. The average Bonchev–Trinajstić information content (AvgIpc) is 2.81. The maximum atomic E-state index is 13.8. The number of hydrogen-bond donors (Lipinski definition) is 1. The second-order valence-corrected chi connectivity index (χ2v) is 4.23. The fourth-order valence-corrected chi connectivity index (χ4v) is 1.75. The number of ether oxygens (including phenoxy) is 1. The number of aromatic nitrogens is 1. The van der Waals surface area contributed by atoms with Crippen molar-refractivity contribution in [2.45, 2.75) is 27.0 Å². The molecule has 0 radical (unpaired) electrons. The molecule has 0 saturated carbocycles. The summed E-state index contributed by atoms with van der Waals surface area (Å²) in [5.74, 6) is 0.611. The zero-order valence-corrected chi connectivity index (χ0v) is 11.1. The lowest BCUT2D eigenvalue weighted by Gasteiger charge is -2.11. The first-order valence-electron chi connectivity index (χ1n) is 6.23. The minimum absolute atomic E-state index is 0.192. The van der Waals surface area contributed by atoms with Gasteiger partial charge >= 0.3 is 0 Å². The molecule has 2 aromatic rings. The zero-order valence-electron chi connectivity index (χ0n) is 11.1. The van der Waals surface area contributed by atoms with E-state index in [2.05, 4.69) is 10.5 Å². The highest BCUT2D eigenvalue weighted by molar-refractivity contribution is 5.35. The molecule has 4 nitrogen and oxygen atoms in total. The number of rotatable bonds is 6. The number of para-hydroxylation sites is 1. The minimum atomic E-state index is -0.365. The largest absolute Gasteiger partial charge is 0.484 e. The van der Waals surface area contributed by atoms with E-state index in [4.69, 9.17) is 9.26 Å². The van der Waals surface area contributed by atoms with Crippen molar-refractivity contribution >= 4 is 0 Å². The van der Waals surface area contributed by atoms with Gasteiger partial charge in [0.25, 0.3) is 0 Å². The van der Waals surface area contributed by atoms with Crippen LogP contribution in [0.25, 0.3) is 0 Å². The first-order chi connectivity index (χ1) is 9.20. The van der Waals surface area contributed by atoms with Gasteiger partial charge in [-0.2, -0.15) is 0 Å². The fourth-order valence-electron chi connectivity index (χ4n) is 1.75. The Labute approximate surface area is 111 Å². The van der Waals surface area contributed by atoms with Gasteiger partial charge in [-0.3, -0.25) is 0 Å². The van der Waals surface area contributed by atoms with Crippen LogP contribution in [0, 0.1) is 12.7 Å². The molecule has 0 atom stereocenters. The Balaban J connectivity index is 2.09. The molecule has 1 aromatic carbocycles. The van der Waals surface area contributed by atoms with Gasteiger partial charge in [-0.25, -0.2) is 4.39 Å². The van der Waals surface area contributed by atoms with Gasteiger partial charge < -0.3 is 14.6 Å². The van der Waals surface area contributed by atoms with E-state index in [0.717, 1.165) is 12.1 Å². The smallest absolute Gasteiger partial charge is 0.165 e. The number of nitrogens with one attached hydrogen (secondary N) is 1. The van der Waals surface area contributed by atoms with Crippen LogP contribution in [0.3, 0.4) is 0 Å². The molecule has 0 amide bonds. The molecule has 2 rings (SSSR count). The Hall–Kier alpha value is -1.88. The van der Waals surface area contributed by atoms with E-state index in [-0.39, 0.29) is 18.2 Å².